The number of thioether (sulfide) groups is 1. The lowest BCUT2D eigenvalue weighted by atomic mass is 9.99. The molecule has 0 aliphatic carbocycles. The van der Waals surface area contributed by atoms with Crippen molar-refractivity contribution in [3.8, 4) is 0 Å². The number of carbonyl (C=O) groups is 2. The van der Waals surface area contributed by atoms with Crippen molar-refractivity contribution in [1.82, 2.24) is 10.3 Å². The summed E-state index contributed by atoms with van der Waals surface area (Å²) in [5.74, 6) is -2.80. The molecule has 0 bridgehead atoms. The molecular weight excluding hydrogens is 455 g/mol. The zero-order chi connectivity index (χ0) is 23.4. The van der Waals surface area contributed by atoms with E-state index in [0.29, 0.717) is 22.8 Å². The second-order valence-electron chi connectivity index (χ2n) is 7.15. The highest BCUT2D eigenvalue weighted by Crippen LogP contribution is 2.40. The van der Waals surface area contributed by atoms with Gasteiger partial charge in [0.25, 0.3) is 5.91 Å². The Morgan fingerprint density at radius 3 is 2.64 bits per heavy atom. The number of anilines is 1. The summed E-state index contributed by atoms with van der Waals surface area (Å²) in [6.45, 7) is -0.0415. The average Bonchev–Trinajstić information content (AvgIpc) is 2.81. The van der Waals surface area contributed by atoms with Gasteiger partial charge < -0.3 is 15.4 Å². The summed E-state index contributed by atoms with van der Waals surface area (Å²) in [6.07, 6.45) is 1.27. The summed E-state index contributed by atoms with van der Waals surface area (Å²) in [6, 6.07) is 9.95. The van der Waals surface area contributed by atoms with E-state index in [9.17, 15) is 22.8 Å². The van der Waals surface area contributed by atoms with Crippen molar-refractivity contribution in [2.24, 2.45) is 0 Å². The maximum Gasteiger partial charge on any atom is 0.408 e. The van der Waals surface area contributed by atoms with Crippen LogP contribution in [0.4, 0.5) is 23.7 Å². The molecule has 0 saturated carbocycles. The van der Waals surface area contributed by atoms with Crippen LogP contribution in [0.15, 0.2) is 59.6 Å². The third kappa shape index (κ3) is 5.28. The zero-order valence-electron chi connectivity index (χ0n) is 17.1. The SMILES string of the molecule is O=C(N[C@H]1CCSc2c(C(=O)Nc3ccc(F)c(F)c3)ccc(F)c21)OCc1ccccn1. The van der Waals surface area contributed by atoms with E-state index in [2.05, 4.69) is 15.6 Å². The highest BCUT2D eigenvalue weighted by molar-refractivity contribution is 7.99. The number of hydrogen-bond acceptors (Lipinski definition) is 5. The summed E-state index contributed by atoms with van der Waals surface area (Å²) in [5.41, 5.74) is 0.966. The average molecular weight is 473 g/mol. The molecule has 6 nitrogen and oxygen atoms in total. The molecule has 0 spiro atoms. The van der Waals surface area contributed by atoms with E-state index >= 15 is 0 Å². The highest BCUT2D eigenvalue weighted by Gasteiger charge is 2.30. The predicted molar refractivity (Wildman–Crippen MR) is 116 cm³/mol. The lowest BCUT2D eigenvalue weighted by Gasteiger charge is -2.27. The van der Waals surface area contributed by atoms with Gasteiger partial charge in [0.2, 0.25) is 0 Å². The molecule has 170 valence electrons. The monoisotopic (exact) mass is 473 g/mol. The Hall–Kier alpha value is -3.53. The number of nitrogens with one attached hydrogen (secondary N) is 2. The molecule has 10 heteroatoms. The normalized spacial score (nSPS) is 14.8. The number of rotatable bonds is 5. The molecule has 0 unspecified atom stereocenters. The summed E-state index contributed by atoms with van der Waals surface area (Å²) in [4.78, 5) is 29.5. The molecule has 0 saturated heterocycles. The summed E-state index contributed by atoms with van der Waals surface area (Å²) in [7, 11) is 0. The Morgan fingerprint density at radius 1 is 1.06 bits per heavy atom. The molecule has 3 aromatic rings. The fourth-order valence-corrected chi connectivity index (χ4v) is 4.65. The van der Waals surface area contributed by atoms with Gasteiger partial charge in [-0.05, 0) is 42.8 Å². The van der Waals surface area contributed by atoms with Gasteiger partial charge in [-0.15, -0.1) is 11.8 Å². The Kier molecular flexibility index (Phi) is 6.83. The van der Waals surface area contributed by atoms with Gasteiger partial charge in [0.05, 0.1) is 17.3 Å². The van der Waals surface area contributed by atoms with E-state index in [1.807, 2.05) is 0 Å². The zero-order valence-corrected chi connectivity index (χ0v) is 17.9. The van der Waals surface area contributed by atoms with Gasteiger partial charge in [0, 0.05) is 34.2 Å². The summed E-state index contributed by atoms with van der Waals surface area (Å²) >= 11 is 1.28. The minimum absolute atomic E-state index is 0.0415. The number of alkyl carbamates (subject to hydrolysis) is 1. The number of fused-ring (bicyclic) bond motifs is 1. The third-order valence-electron chi connectivity index (χ3n) is 4.94. The topological polar surface area (TPSA) is 80.3 Å². The number of aromatic nitrogens is 1. The Morgan fingerprint density at radius 2 is 1.88 bits per heavy atom. The van der Waals surface area contributed by atoms with Crippen molar-refractivity contribution >= 4 is 29.4 Å². The molecule has 2 amide bonds. The second-order valence-corrected chi connectivity index (χ2v) is 8.26. The standard InChI is InChI=1S/C23H18F3N3O3S/c24-16-6-4-13(11-18(16)26)28-22(30)15-5-7-17(25)20-19(8-10-33-21(15)20)29-23(31)32-12-14-3-1-2-9-27-14/h1-7,9,11,19H,8,10,12H2,(H,28,30)(H,29,31)/t19-/m0/s1. The van der Waals surface area contributed by atoms with Gasteiger partial charge in [-0.1, -0.05) is 6.07 Å². The van der Waals surface area contributed by atoms with Gasteiger partial charge in [-0.2, -0.15) is 0 Å². The number of pyridine rings is 1. The fourth-order valence-electron chi connectivity index (χ4n) is 3.38. The molecular formula is C23H18F3N3O3S. The number of amides is 2. The number of hydrogen-bond donors (Lipinski definition) is 2. The van der Waals surface area contributed by atoms with E-state index in [1.54, 1.807) is 24.4 Å². The van der Waals surface area contributed by atoms with Crippen molar-refractivity contribution in [2.75, 3.05) is 11.1 Å². The molecule has 33 heavy (non-hydrogen) atoms. The fraction of sp³-hybridized carbons (Fsp3) is 0.174. The van der Waals surface area contributed by atoms with Gasteiger partial charge in [0.1, 0.15) is 12.4 Å². The molecule has 0 fully saturated rings. The third-order valence-corrected chi connectivity index (χ3v) is 6.10. The smallest absolute Gasteiger partial charge is 0.408 e. The molecule has 1 atom stereocenters. The van der Waals surface area contributed by atoms with E-state index in [4.69, 9.17) is 4.74 Å². The van der Waals surface area contributed by atoms with Crippen molar-refractivity contribution in [3.05, 3.63) is 89.0 Å². The van der Waals surface area contributed by atoms with Crippen LogP contribution in [0.3, 0.4) is 0 Å². The van der Waals surface area contributed by atoms with E-state index in [1.165, 1.54) is 23.9 Å². The summed E-state index contributed by atoms with van der Waals surface area (Å²) < 4.78 is 46.5. The molecule has 2 aromatic carbocycles. The van der Waals surface area contributed by atoms with Gasteiger partial charge in [-0.25, -0.2) is 18.0 Å². The van der Waals surface area contributed by atoms with Crippen molar-refractivity contribution < 1.29 is 27.5 Å². The van der Waals surface area contributed by atoms with Gasteiger partial charge in [-0.3, -0.25) is 9.78 Å². The van der Waals surface area contributed by atoms with Crippen LogP contribution in [-0.4, -0.2) is 22.7 Å². The maximum absolute atomic E-state index is 14.8. The van der Waals surface area contributed by atoms with E-state index < -0.39 is 35.5 Å². The predicted octanol–water partition coefficient (Wildman–Crippen LogP) is 5.21. The minimum atomic E-state index is -1.10. The lowest BCUT2D eigenvalue weighted by Crippen LogP contribution is -2.32. The first-order valence-electron chi connectivity index (χ1n) is 9.97. The molecule has 1 aliphatic heterocycles. The number of benzene rings is 2. The van der Waals surface area contributed by atoms with E-state index in [-0.39, 0.29) is 23.4 Å². The van der Waals surface area contributed by atoms with Crippen LogP contribution in [0, 0.1) is 17.5 Å². The number of halogens is 3. The Balaban J connectivity index is 1.51. The van der Waals surface area contributed by atoms with Crippen LogP contribution in [0.25, 0.3) is 0 Å². The summed E-state index contributed by atoms with van der Waals surface area (Å²) in [5, 5.41) is 5.14. The molecule has 1 aromatic heterocycles. The largest absolute Gasteiger partial charge is 0.443 e. The van der Waals surface area contributed by atoms with Crippen LogP contribution in [0.2, 0.25) is 0 Å². The van der Waals surface area contributed by atoms with Gasteiger partial charge in [0.15, 0.2) is 11.6 Å². The first kappa shape index (κ1) is 22.7. The second kappa shape index (κ2) is 9.95. The Bertz CT molecular complexity index is 1190. The van der Waals surface area contributed by atoms with Crippen molar-refractivity contribution in [3.63, 3.8) is 0 Å². The number of nitrogens with zero attached hydrogens (tertiary/aromatic N) is 1. The molecule has 2 N–H and O–H groups in total. The molecule has 2 heterocycles. The quantitative estimate of drug-likeness (QED) is 0.532. The Labute approximate surface area is 191 Å². The van der Waals surface area contributed by atoms with Gasteiger partial charge >= 0.3 is 6.09 Å². The molecule has 4 rings (SSSR count). The number of ether oxygens (including phenoxy) is 1. The van der Waals surface area contributed by atoms with Crippen LogP contribution in [-0.2, 0) is 11.3 Å². The number of carbonyl (C=O) groups excluding carboxylic acids is 2. The minimum Gasteiger partial charge on any atom is -0.443 e. The van der Waals surface area contributed by atoms with E-state index in [0.717, 1.165) is 18.2 Å². The van der Waals surface area contributed by atoms with Crippen LogP contribution < -0.4 is 10.6 Å². The first-order valence-corrected chi connectivity index (χ1v) is 11.0. The highest BCUT2D eigenvalue weighted by atomic mass is 32.2. The molecule has 0 radical (unpaired) electrons. The van der Waals surface area contributed by atoms with Crippen LogP contribution in [0.1, 0.15) is 34.1 Å². The first-order chi connectivity index (χ1) is 15.9. The van der Waals surface area contributed by atoms with Crippen LogP contribution >= 0.6 is 11.8 Å². The van der Waals surface area contributed by atoms with Crippen LogP contribution in [0.5, 0.6) is 0 Å². The van der Waals surface area contributed by atoms with Crippen molar-refractivity contribution in [2.45, 2.75) is 24.0 Å². The molecule has 1 aliphatic rings. The van der Waals surface area contributed by atoms with Crippen molar-refractivity contribution in [1.29, 1.82) is 0 Å². The lowest BCUT2D eigenvalue weighted by molar-refractivity contribution is 0.102. The maximum atomic E-state index is 14.8.